The van der Waals surface area contributed by atoms with Crippen molar-refractivity contribution in [1.82, 2.24) is 5.16 Å². The van der Waals surface area contributed by atoms with Crippen LogP contribution in [0.4, 0.5) is 5.88 Å². The van der Waals surface area contributed by atoms with Crippen LogP contribution in [-0.4, -0.2) is 32.3 Å². The van der Waals surface area contributed by atoms with Gasteiger partial charge < -0.3 is 24.1 Å². The van der Waals surface area contributed by atoms with E-state index in [0.717, 1.165) is 39.4 Å². The third-order valence-electron chi connectivity index (χ3n) is 6.59. The van der Waals surface area contributed by atoms with Crippen molar-refractivity contribution < 1.29 is 23.5 Å². The van der Waals surface area contributed by atoms with Crippen LogP contribution < -0.4 is 19.5 Å². The van der Waals surface area contributed by atoms with Crippen molar-refractivity contribution >= 4 is 11.7 Å². The van der Waals surface area contributed by atoms with Crippen LogP contribution in [0, 0.1) is 6.92 Å². The van der Waals surface area contributed by atoms with Crippen molar-refractivity contribution in [2.24, 2.45) is 0 Å². The topological polar surface area (TPSA) is 82.8 Å². The molecule has 170 valence electrons. The number of ether oxygens (including phenoxy) is 3. The summed E-state index contributed by atoms with van der Waals surface area (Å²) in [5, 5.41) is 7.56. The number of hydrogen-bond acceptors (Lipinski definition) is 7. The number of carbonyl (C=O) groups is 1. The standard InChI is InChI=1S/C26H26N2O5/c1-14-23-24(19-13-18(31-3)9-10-22(19)32-4)25-20(27-26(23)33-28-14)11-16(12-21(25)29)15-5-7-17(30-2)8-6-15/h5-10,13,16,24,27H,11-12H2,1-4H3/t16-,24+/m0/s1. The lowest BCUT2D eigenvalue weighted by Gasteiger charge is -2.35. The highest BCUT2D eigenvalue weighted by molar-refractivity contribution is 6.01. The fourth-order valence-electron chi connectivity index (χ4n) is 4.96. The van der Waals surface area contributed by atoms with Gasteiger partial charge in [-0.3, -0.25) is 4.79 Å². The number of rotatable bonds is 5. The van der Waals surface area contributed by atoms with E-state index >= 15 is 0 Å². The van der Waals surface area contributed by atoms with E-state index in [1.54, 1.807) is 21.3 Å². The zero-order chi connectivity index (χ0) is 23.1. The molecular weight excluding hydrogens is 420 g/mol. The molecule has 2 aromatic carbocycles. The zero-order valence-electron chi connectivity index (χ0n) is 19.1. The first-order valence-corrected chi connectivity index (χ1v) is 10.9. The number of methoxy groups -OCH3 is 3. The summed E-state index contributed by atoms with van der Waals surface area (Å²) in [5.74, 6) is 2.57. The largest absolute Gasteiger partial charge is 0.497 e. The summed E-state index contributed by atoms with van der Waals surface area (Å²) in [6.45, 7) is 1.89. The maximum absolute atomic E-state index is 13.7. The molecule has 1 aliphatic carbocycles. The SMILES string of the molecule is COc1ccc([C@@H]2CC(=O)C3=C(C2)Nc2onc(C)c2[C@H]3c2cc(OC)ccc2OC)cc1. The van der Waals surface area contributed by atoms with Crippen LogP contribution in [0.2, 0.25) is 0 Å². The monoisotopic (exact) mass is 446 g/mol. The fourth-order valence-corrected chi connectivity index (χ4v) is 4.96. The molecule has 0 saturated heterocycles. The van der Waals surface area contributed by atoms with Crippen LogP contribution in [-0.2, 0) is 4.79 Å². The Morgan fingerprint density at radius 2 is 1.70 bits per heavy atom. The summed E-state index contributed by atoms with van der Waals surface area (Å²) < 4.78 is 22.1. The molecule has 0 spiro atoms. The van der Waals surface area contributed by atoms with Gasteiger partial charge in [0, 0.05) is 23.3 Å². The van der Waals surface area contributed by atoms with E-state index in [1.807, 2.05) is 49.4 Å². The van der Waals surface area contributed by atoms with Gasteiger partial charge in [-0.1, -0.05) is 17.3 Å². The van der Waals surface area contributed by atoms with Crippen LogP contribution in [0.3, 0.4) is 0 Å². The van der Waals surface area contributed by atoms with E-state index in [1.165, 1.54) is 0 Å². The van der Waals surface area contributed by atoms with E-state index in [4.69, 9.17) is 18.7 Å². The van der Waals surface area contributed by atoms with Gasteiger partial charge in [0.25, 0.3) is 0 Å². The Labute approximate surface area is 192 Å². The molecule has 1 aliphatic heterocycles. The van der Waals surface area contributed by atoms with Crippen molar-refractivity contribution in [2.45, 2.75) is 31.6 Å². The lowest BCUT2D eigenvalue weighted by molar-refractivity contribution is -0.116. The minimum Gasteiger partial charge on any atom is -0.497 e. The molecule has 0 bridgehead atoms. The van der Waals surface area contributed by atoms with Gasteiger partial charge in [0.15, 0.2) is 5.78 Å². The molecule has 0 fully saturated rings. The Balaban J connectivity index is 1.63. The van der Waals surface area contributed by atoms with E-state index in [9.17, 15) is 4.79 Å². The molecule has 0 unspecified atom stereocenters. The van der Waals surface area contributed by atoms with Crippen molar-refractivity contribution in [3.8, 4) is 17.2 Å². The number of allylic oxidation sites excluding steroid dienone is 2. The maximum atomic E-state index is 13.7. The Morgan fingerprint density at radius 3 is 2.39 bits per heavy atom. The fraction of sp³-hybridized carbons (Fsp3) is 0.308. The van der Waals surface area contributed by atoms with Gasteiger partial charge in [0.1, 0.15) is 17.2 Å². The molecule has 7 nitrogen and oxygen atoms in total. The van der Waals surface area contributed by atoms with Crippen molar-refractivity contribution in [3.63, 3.8) is 0 Å². The molecule has 2 atom stereocenters. The van der Waals surface area contributed by atoms with Crippen molar-refractivity contribution in [2.75, 3.05) is 26.6 Å². The van der Waals surface area contributed by atoms with E-state index in [-0.39, 0.29) is 17.6 Å². The molecule has 5 rings (SSSR count). The number of nitrogens with one attached hydrogen (secondary N) is 1. The molecule has 2 aliphatic rings. The Morgan fingerprint density at radius 1 is 0.970 bits per heavy atom. The number of aryl methyl sites for hydroxylation is 1. The summed E-state index contributed by atoms with van der Waals surface area (Å²) in [7, 11) is 4.90. The smallest absolute Gasteiger partial charge is 0.233 e. The number of anilines is 1. The van der Waals surface area contributed by atoms with Gasteiger partial charge in [-0.05, 0) is 55.2 Å². The lowest BCUT2D eigenvalue weighted by atomic mass is 9.72. The molecule has 1 aromatic heterocycles. The molecule has 2 heterocycles. The Hall–Kier alpha value is -3.74. The van der Waals surface area contributed by atoms with E-state index in [0.29, 0.717) is 30.2 Å². The minimum atomic E-state index is -0.350. The molecule has 1 N–H and O–H groups in total. The molecular formula is C26H26N2O5. The van der Waals surface area contributed by atoms with Crippen LogP contribution in [0.5, 0.6) is 17.2 Å². The van der Waals surface area contributed by atoms with Gasteiger partial charge in [-0.25, -0.2) is 0 Å². The highest BCUT2D eigenvalue weighted by Gasteiger charge is 2.42. The van der Waals surface area contributed by atoms with Crippen molar-refractivity contribution in [1.29, 1.82) is 0 Å². The Bertz CT molecular complexity index is 1240. The zero-order valence-corrected chi connectivity index (χ0v) is 19.1. The van der Waals surface area contributed by atoms with E-state index < -0.39 is 0 Å². The van der Waals surface area contributed by atoms with Gasteiger partial charge in [-0.2, -0.15) is 0 Å². The molecule has 33 heavy (non-hydrogen) atoms. The second kappa shape index (κ2) is 8.31. The highest BCUT2D eigenvalue weighted by Crippen LogP contribution is 2.51. The molecule has 7 heteroatoms. The average Bonchev–Trinajstić information content (AvgIpc) is 3.22. The first kappa shape index (κ1) is 21.1. The van der Waals surface area contributed by atoms with Gasteiger partial charge in [0.2, 0.25) is 5.88 Å². The molecule has 0 saturated carbocycles. The summed E-state index contributed by atoms with van der Waals surface area (Å²) in [6, 6.07) is 13.6. The second-order valence-electron chi connectivity index (χ2n) is 8.37. The summed E-state index contributed by atoms with van der Waals surface area (Å²) in [5.41, 5.74) is 5.17. The summed E-state index contributed by atoms with van der Waals surface area (Å²) in [4.78, 5) is 13.7. The maximum Gasteiger partial charge on any atom is 0.233 e. The first-order valence-electron chi connectivity index (χ1n) is 10.9. The average molecular weight is 447 g/mol. The number of carbonyl (C=O) groups excluding carboxylic acids is 1. The van der Waals surface area contributed by atoms with Gasteiger partial charge in [0.05, 0.1) is 38.5 Å². The number of nitrogens with zero attached hydrogens (tertiary/aromatic N) is 1. The number of aromatic nitrogens is 1. The molecule has 0 amide bonds. The molecule has 0 radical (unpaired) electrons. The summed E-state index contributed by atoms with van der Waals surface area (Å²) in [6.07, 6.45) is 1.12. The lowest BCUT2D eigenvalue weighted by Crippen LogP contribution is -2.29. The predicted molar refractivity (Wildman–Crippen MR) is 123 cm³/mol. The third-order valence-corrected chi connectivity index (χ3v) is 6.59. The normalized spacial score (nSPS) is 19.5. The number of hydrogen-bond donors (Lipinski definition) is 1. The van der Waals surface area contributed by atoms with Crippen molar-refractivity contribution in [3.05, 3.63) is 76.1 Å². The number of Topliss-reactive ketones (excluding diaryl/α,β-unsaturated/α-hetero) is 1. The second-order valence-corrected chi connectivity index (χ2v) is 8.37. The number of fused-ring (bicyclic) bond motifs is 1. The first-order chi connectivity index (χ1) is 16.0. The quantitative estimate of drug-likeness (QED) is 0.593. The predicted octanol–water partition coefficient (Wildman–Crippen LogP) is 4.97. The molecule has 3 aromatic rings. The van der Waals surface area contributed by atoms with Crippen LogP contribution >= 0.6 is 0 Å². The van der Waals surface area contributed by atoms with Gasteiger partial charge in [-0.15, -0.1) is 0 Å². The highest BCUT2D eigenvalue weighted by atomic mass is 16.5. The summed E-state index contributed by atoms with van der Waals surface area (Å²) >= 11 is 0. The Kier molecular flexibility index (Phi) is 5.32. The van der Waals surface area contributed by atoms with E-state index in [2.05, 4.69) is 10.5 Å². The number of ketones is 1. The number of benzene rings is 2. The minimum absolute atomic E-state index is 0.0630. The van der Waals surface area contributed by atoms with Gasteiger partial charge >= 0.3 is 0 Å². The van der Waals surface area contributed by atoms with Crippen LogP contribution in [0.25, 0.3) is 0 Å². The van der Waals surface area contributed by atoms with Crippen LogP contribution in [0.15, 0.2) is 58.3 Å². The van der Waals surface area contributed by atoms with Crippen LogP contribution in [0.1, 0.15) is 47.1 Å². The third kappa shape index (κ3) is 3.53.